The van der Waals surface area contributed by atoms with Gasteiger partial charge in [-0.2, -0.15) is 0 Å². The quantitative estimate of drug-likeness (QED) is 0.472. The Morgan fingerprint density at radius 3 is 2.79 bits per heavy atom. The maximum Gasteiger partial charge on any atom is 0.0705 e. The molecule has 3 nitrogen and oxygen atoms in total. The van der Waals surface area contributed by atoms with Gasteiger partial charge in [0.1, 0.15) is 0 Å². The summed E-state index contributed by atoms with van der Waals surface area (Å²) in [6.45, 7) is 4.23. The first-order valence-electron chi connectivity index (χ1n) is 7.08. The van der Waals surface area contributed by atoms with Gasteiger partial charge in [-0.1, -0.05) is 38.3 Å². The van der Waals surface area contributed by atoms with Gasteiger partial charge in [0.25, 0.3) is 0 Å². The summed E-state index contributed by atoms with van der Waals surface area (Å²) >= 11 is 0. The van der Waals surface area contributed by atoms with Crippen LogP contribution in [-0.2, 0) is 0 Å². The van der Waals surface area contributed by atoms with Gasteiger partial charge in [-0.25, -0.2) is 0 Å². The fourth-order valence-electron chi connectivity index (χ4n) is 2.41. The summed E-state index contributed by atoms with van der Waals surface area (Å²) < 4.78 is 0. The third-order valence-corrected chi connectivity index (χ3v) is 3.55. The minimum atomic E-state index is 0.234. The zero-order valence-electron chi connectivity index (χ0n) is 11.8. The molecule has 1 aromatic heterocycles. The van der Waals surface area contributed by atoms with Crippen LogP contribution >= 0.6 is 0 Å². The summed E-state index contributed by atoms with van der Waals surface area (Å²) in [5, 5.41) is 1.18. The number of nitrogens with one attached hydrogen (secondary N) is 1. The molecular weight excluding hydrogens is 234 g/mol. The van der Waals surface area contributed by atoms with Crippen molar-refractivity contribution in [3.05, 3.63) is 41.6 Å². The lowest BCUT2D eigenvalue weighted by Gasteiger charge is -2.16. The van der Waals surface area contributed by atoms with Crippen LogP contribution in [0.15, 0.2) is 30.3 Å². The smallest absolute Gasteiger partial charge is 0.0705 e. The van der Waals surface area contributed by atoms with Gasteiger partial charge >= 0.3 is 0 Å². The summed E-state index contributed by atoms with van der Waals surface area (Å²) in [4.78, 5) is 4.53. The minimum Gasteiger partial charge on any atom is -0.271 e. The number of nitrogens with two attached hydrogens (primary N) is 1. The van der Waals surface area contributed by atoms with Crippen molar-refractivity contribution in [1.29, 1.82) is 0 Å². The summed E-state index contributed by atoms with van der Waals surface area (Å²) in [6, 6.07) is 10.8. The minimum absolute atomic E-state index is 0.234. The Bertz CT molecular complexity index is 537. The Morgan fingerprint density at radius 2 is 2.05 bits per heavy atom. The lowest BCUT2D eigenvalue weighted by molar-refractivity contribution is 0.487. The number of fused-ring (bicyclic) bond motifs is 1. The third-order valence-electron chi connectivity index (χ3n) is 3.55. The van der Waals surface area contributed by atoms with Gasteiger partial charge in [0.05, 0.1) is 5.52 Å². The van der Waals surface area contributed by atoms with E-state index < -0.39 is 0 Å². The van der Waals surface area contributed by atoms with Crippen LogP contribution in [0.25, 0.3) is 10.9 Å². The van der Waals surface area contributed by atoms with Crippen LogP contribution in [-0.4, -0.2) is 4.98 Å². The number of rotatable bonds is 6. The van der Waals surface area contributed by atoms with Crippen LogP contribution in [0.4, 0.5) is 0 Å². The average Bonchev–Trinajstić information content (AvgIpc) is 2.43. The van der Waals surface area contributed by atoms with Gasteiger partial charge < -0.3 is 0 Å². The first kappa shape index (κ1) is 14.0. The Kier molecular flexibility index (Phi) is 4.88. The van der Waals surface area contributed by atoms with Crippen molar-refractivity contribution in [3.8, 4) is 0 Å². The van der Waals surface area contributed by atoms with E-state index in [4.69, 9.17) is 5.84 Å². The SMILES string of the molecule is CCCCCC(NN)c1ccc2nc(C)ccc2c1. The van der Waals surface area contributed by atoms with E-state index in [1.54, 1.807) is 0 Å². The largest absolute Gasteiger partial charge is 0.271 e. The standard InChI is InChI=1S/C16H23N3/c1-3-4-5-6-16(19-17)14-9-10-15-13(11-14)8-7-12(2)18-15/h7-11,16,19H,3-6,17H2,1-2H3. The van der Waals surface area contributed by atoms with E-state index in [-0.39, 0.29) is 6.04 Å². The molecule has 1 aromatic carbocycles. The molecule has 0 bridgehead atoms. The van der Waals surface area contributed by atoms with Gasteiger partial charge in [0.15, 0.2) is 0 Å². The van der Waals surface area contributed by atoms with Gasteiger partial charge in [-0.3, -0.25) is 16.3 Å². The van der Waals surface area contributed by atoms with E-state index in [2.05, 4.69) is 41.6 Å². The average molecular weight is 257 g/mol. The molecule has 0 radical (unpaired) electrons. The van der Waals surface area contributed by atoms with Gasteiger partial charge in [0.2, 0.25) is 0 Å². The highest BCUT2D eigenvalue weighted by atomic mass is 15.2. The number of nitrogens with zero attached hydrogens (tertiary/aromatic N) is 1. The molecule has 2 rings (SSSR count). The molecule has 1 unspecified atom stereocenters. The molecule has 0 spiro atoms. The Balaban J connectivity index is 2.20. The molecule has 19 heavy (non-hydrogen) atoms. The van der Waals surface area contributed by atoms with Crippen LogP contribution in [0.2, 0.25) is 0 Å². The van der Waals surface area contributed by atoms with Crippen LogP contribution in [0.1, 0.15) is 49.9 Å². The second-order valence-electron chi connectivity index (χ2n) is 5.12. The number of hydrogen-bond acceptors (Lipinski definition) is 3. The molecule has 0 amide bonds. The number of benzene rings is 1. The van der Waals surface area contributed by atoms with Crippen LogP contribution in [0.5, 0.6) is 0 Å². The molecule has 0 aliphatic carbocycles. The van der Waals surface area contributed by atoms with Crippen molar-refractivity contribution in [3.63, 3.8) is 0 Å². The van der Waals surface area contributed by atoms with E-state index in [9.17, 15) is 0 Å². The van der Waals surface area contributed by atoms with E-state index in [0.717, 1.165) is 17.6 Å². The molecule has 1 atom stereocenters. The lowest BCUT2D eigenvalue weighted by atomic mass is 9.99. The molecule has 3 N–H and O–H groups in total. The molecule has 0 saturated carbocycles. The Hall–Kier alpha value is -1.45. The van der Waals surface area contributed by atoms with Crippen molar-refractivity contribution in [1.82, 2.24) is 10.4 Å². The van der Waals surface area contributed by atoms with E-state index in [1.165, 1.54) is 30.2 Å². The second-order valence-corrected chi connectivity index (χ2v) is 5.12. The van der Waals surface area contributed by atoms with Crippen molar-refractivity contribution >= 4 is 10.9 Å². The normalized spacial score (nSPS) is 12.8. The number of hydrogen-bond donors (Lipinski definition) is 2. The van der Waals surface area contributed by atoms with Crippen LogP contribution in [0, 0.1) is 6.92 Å². The van der Waals surface area contributed by atoms with Gasteiger partial charge in [-0.15, -0.1) is 0 Å². The van der Waals surface area contributed by atoms with Crippen LogP contribution < -0.4 is 11.3 Å². The maximum atomic E-state index is 5.69. The molecule has 1 heterocycles. The zero-order chi connectivity index (χ0) is 13.7. The van der Waals surface area contributed by atoms with E-state index in [1.807, 2.05) is 13.0 Å². The van der Waals surface area contributed by atoms with Crippen LogP contribution in [0.3, 0.4) is 0 Å². The van der Waals surface area contributed by atoms with E-state index >= 15 is 0 Å². The first-order chi connectivity index (χ1) is 9.24. The van der Waals surface area contributed by atoms with Crippen molar-refractivity contribution in [2.75, 3.05) is 0 Å². The summed E-state index contributed by atoms with van der Waals surface area (Å²) in [5.41, 5.74) is 6.28. The highest BCUT2D eigenvalue weighted by molar-refractivity contribution is 5.79. The fourth-order valence-corrected chi connectivity index (χ4v) is 2.41. The summed E-state index contributed by atoms with van der Waals surface area (Å²) in [6.07, 6.45) is 4.77. The molecule has 102 valence electrons. The highest BCUT2D eigenvalue weighted by Crippen LogP contribution is 2.23. The van der Waals surface area contributed by atoms with Gasteiger partial charge in [0, 0.05) is 17.1 Å². The van der Waals surface area contributed by atoms with Crippen molar-refractivity contribution in [2.45, 2.75) is 45.6 Å². The predicted molar refractivity (Wildman–Crippen MR) is 80.7 cm³/mol. The maximum absolute atomic E-state index is 5.69. The fraction of sp³-hybridized carbons (Fsp3) is 0.438. The van der Waals surface area contributed by atoms with Gasteiger partial charge in [-0.05, 0) is 37.1 Å². The number of unbranched alkanes of at least 4 members (excludes halogenated alkanes) is 2. The molecule has 0 aliphatic rings. The number of aromatic nitrogens is 1. The molecule has 0 fully saturated rings. The number of pyridine rings is 1. The number of aryl methyl sites for hydroxylation is 1. The molecular formula is C16H23N3. The predicted octanol–water partition coefficient (Wildman–Crippen LogP) is 3.63. The lowest BCUT2D eigenvalue weighted by Crippen LogP contribution is -2.27. The Morgan fingerprint density at radius 1 is 1.21 bits per heavy atom. The second kappa shape index (κ2) is 6.64. The highest BCUT2D eigenvalue weighted by Gasteiger charge is 2.10. The zero-order valence-corrected chi connectivity index (χ0v) is 11.8. The Labute approximate surface area is 115 Å². The molecule has 2 aromatic rings. The monoisotopic (exact) mass is 257 g/mol. The van der Waals surface area contributed by atoms with Crippen molar-refractivity contribution < 1.29 is 0 Å². The van der Waals surface area contributed by atoms with Crippen molar-refractivity contribution in [2.24, 2.45) is 5.84 Å². The topological polar surface area (TPSA) is 50.9 Å². The molecule has 0 saturated heterocycles. The van der Waals surface area contributed by atoms with E-state index in [0.29, 0.717) is 0 Å². The third kappa shape index (κ3) is 3.52. The molecule has 0 aliphatic heterocycles. The summed E-state index contributed by atoms with van der Waals surface area (Å²) in [5.74, 6) is 5.69. The number of hydrazine groups is 1. The first-order valence-corrected chi connectivity index (χ1v) is 7.08. The summed E-state index contributed by atoms with van der Waals surface area (Å²) in [7, 11) is 0. The molecule has 3 heteroatoms.